The van der Waals surface area contributed by atoms with E-state index in [-0.39, 0.29) is 31.1 Å². The number of unbranched alkanes of at least 4 members (excludes halogenated alkanes) is 35. The highest BCUT2D eigenvalue weighted by molar-refractivity contribution is 5.71. The van der Waals surface area contributed by atoms with Crippen molar-refractivity contribution in [2.24, 2.45) is 11.8 Å². The molecule has 0 N–H and O–H groups in total. The minimum absolute atomic E-state index is 0.0638. The SMILES string of the molecule is CCCCCCCCCCCCCCCCCCCCCC(=O)OC[C@H](COC(=O)CCCCCCCCCC(C)C)OC(=O)CCCCCCCCCCCCCCC(C)C. The van der Waals surface area contributed by atoms with Gasteiger partial charge in [-0.1, -0.05) is 272 Å². The Balaban J connectivity index is 4.24. The maximum atomic E-state index is 12.8. The summed E-state index contributed by atoms with van der Waals surface area (Å²) in [5, 5.41) is 0. The van der Waals surface area contributed by atoms with Crippen LogP contribution in [0.5, 0.6) is 0 Å². The summed E-state index contributed by atoms with van der Waals surface area (Å²) in [5.74, 6) is 0.766. The molecule has 0 aromatic heterocycles. The van der Waals surface area contributed by atoms with Crippen molar-refractivity contribution < 1.29 is 28.6 Å². The average molecular weight is 877 g/mol. The van der Waals surface area contributed by atoms with E-state index in [0.717, 1.165) is 69.6 Å². The third-order valence-corrected chi connectivity index (χ3v) is 12.7. The molecule has 6 nitrogen and oxygen atoms in total. The predicted octanol–water partition coefficient (Wildman–Crippen LogP) is 18.1. The molecule has 0 aliphatic carbocycles. The third-order valence-electron chi connectivity index (χ3n) is 12.7. The van der Waals surface area contributed by atoms with Crippen molar-refractivity contribution in [3.63, 3.8) is 0 Å². The van der Waals surface area contributed by atoms with E-state index in [1.807, 2.05) is 0 Å². The first kappa shape index (κ1) is 60.4. The zero-order valence-electron chi connectivity index (χ0n) is 42.5. The zero-order valence-corrected chi connectivity index (χ0v) is 42.5. The molecule has 0 unspecified atom stereocenters. The van der Waals surface area contributed by atoms with Gasteiger partial charge in [0.05, 0.1) is 0 Å². The van der Waals surface area contributed by atoms with Crippen LogP contribution >= 0.6 is 0 Å². The molecule has 0 aliphatic heterocycles. The van der Waals surface area contributed by atoms with Gasteiger partial charge in [-0.3, -0.25) is 14.4 Å². The smallest absolute Gasteiger partial charge is 0.306 e. The van der Waals surface area contributed by atoms with E-state index in [1.165, 1.54) is 199 Å². The van der Waals surface area contributed by atoms with Crippen LogP contribution < -0.4 is 0 Å². The van der Waals surface area contributed by atoms with Crippen LogP contribution in [0.2, 0.25) is 0 Å². The lowest BCUT2D eigenvalue weighted by atomic mass is 10.0. The Morgan fingerprint density at radius 2 is 0.532 bits per heavy atom. The van der Waals surface area contributed by atoms with Crippen molar-refractivity contribution in [1.29, 1.82) is 0 Å². The number of hydrogen-bond donors (Lipinski definition) is 0. The molecule has 0 amide bonds. The standard InChI is InChI=1S/C56H108O6/c1-6-7-8-9-10-11-12-13-14-15-16-17-18-19-23-26-31-36-41-46-54(57)60-49-53(50-61-55(58)47-42-37-33-28-30-35-40-45-52(4)5)62-56(59)48-43-38-32-27-24-21-20-22-25-29-34-39-44-51(2)3/h51-53H,6-50H2,1-5H3/t53-/m1/s1. The quantitative estimate of drug-likeness (QED) is 0.0344. The summed E-state index contributed by atoms with van der Waals surface area (Å²) >= 11 is 0. The van der Waals surface area contributed by atoms with Gasteiger partial charge in [0, 0.05) is 19.3 Å². The highest BCUT2D eigenvalue weighted by Crippen LogP contribution is 2.18. The van der Waals surface area contributed by atoms with E-state index < -0.39 is 6.10 Å². The van der Waals surface area contributed by atoms with Gasteiger partial charge < -0.3 is 14.2 Å². The lowest BCUT2D eigenvalue weighted by molar-refractivity contribution is -0.167. The number of carbonyl (C=O) groups excluding carboxylic acids is 3. The normalized spacial score (nSPS) is 12.0. The number of rotatable bonds is 50. The summed E-state index contributed by atoms with van der Waals surface area (Å²) in [5.41, 5.74) is 0. The van der Waals surface area contributed by atoms with Crippen LogP contribution in [-0.2, 0) is 28.6 Å². The molecule has 0 heterocycles. The fourth-order valence-corrected chi connectivity index (χ4v) is 8.52. The molecule has 0 saturated heterocycles. The van der Waals surface area contributed by atoms with Gasteiger partial charge in [-0.25, -0.2) is 0 Å². The molecule has 0 aromatic carbocycles. The largest absolute Gasteiger partial charge is 0.462 e. The summed E-state index contributed by atoms with van der Waals surface area (Å²) in [6, 6.07) is 0. The third kappa shape index (κ3) is 49.4. The number of carbonyl (C=O) groups is 3. The van der Waals surface area contributed by atoms with Crippen LogP contribution in [0.1, 0.15) is 311 Å². The molecule has 0 spiro atoms. The second-order valence-corrected chi connectivity index (χ2v) is 20.2. The first-order chi connectivity index (χ1) is 30.2. The van der Waals surface area contributed by atoms with Crippen LogP contribution in [0, 0.1) is 11.8 Å². The molecule has 0 aliphatic rings. The second-order valence-electron chi connectivity index (χ2n) is 20.2. The highest BCUT2D eigenvalue weighted by Gasteiger charge is 2.19. The van der Waals surface area contributed by atoms with Crippen molar-refractivity contribution in [3.8, 4) is 0 Å². The minimum Gasteiger partial charge on any atom is -0.462 e. The molecule has 0 rings (SSSR count). The molecular weight excluding hydrogens is 769 g/mol. The summed E-state index contributed by atoms with van der Waals surface area (Å²) in [7, 11) is 0. The van der Waals surface area contributed by atoms with Crippen LogP contribution in [0.3, 0.4) is 0 Å². The van der Waals surface area contributed by atoms with Gasteiger partial charge in [-0.15, -0.1) is 0 Å². The Bertz CT molecular complexity index is 947. The van der Waals surface area contributed by atoms with Gasteiger partial charge in [0.1, 0.15) is 13.2 Å². The minimum atomic E-state index is -0.762. The maximum absolute atomic E-state index is 12.8. The monoisotopic (exact) mass is 877 g/mol. The van der Waals surface area contributed by atoms with Crippen molar-refractivity contribution >= 4 is 17.9 Å². The van der Waals surface area contributed by atoms with Gasteiger partial charge in [-0.2, -0.15) is 0 Å². The van der Waals surface area contributed by atoms with E-state index in [4.69, 9.17) is 14.2 Å². The molecule has 0 aromatic rings. The molecule has 0 radical (unpaired) electrons. The second kappa shape index (κ2) is 48.9. The van der Waals surface area contributed by atoms with Gasteiger partial charge in [-0.05, 0) is 31.1 Å². The van der Waals surface area contributed by atoms with Gasteiger partial charge in [0.15, 0.2) is 6.10 Å². The van der Waals surface area contributed by atoms with Crippen LogP contribution in [0.15, 0.2) is 0 Å². The summed E-state index contributed by atoms with van der Waals surface area (Å²) in [4.78, 5) is 38.0. The fraction of sp³-hybridized carbons (Fsp3) is 0.946. The van der Waals surface area contributed by atoms with Crippen LogP contribution in [0.4, 0.5) is 0 Å². The molecule has 1 atom stereocenters. The Labute approximate surface area is 387 Å². The topological polar surface area (TPSA) is 78.9 Å². The molecule has 62 heavy (non-hydrogen) atoms. The van der Waals surface area contributed by atoms with E-state index in [9.17, 15) is 14.4 Å². The van der Waals surface area contributed by atoms with E-state index in [1.54, 1.807) is 0 Å². The highest BCUT2D eigenvalue weighted by atomic mass is 16.6. The lowest BCUT2D eigenvalue weighted by Crippen LogP contribution is -2.30. The fourth-order valence-electron chi connectivity index (χ4n) is 8.52. The maximum Gasteiger partial charge on any atom is 0.306 e. The summed E-state index contributed by atoms with van der Waals surface area (Å²) in [6.45, 7) is 11.3. The summed E-state index contributed by atoms with van der Waals surface area (Å²) in [6.07, 6.45) is 51.1. The van der Waals surface area contributed by atoms with Gasteiger partial charge in [0.25, 0.3) is 0 Å². The lowest BCUT2D eigenvalue weighted by Gasteiger charge is -2.18. The molecule has 368 valence electrons. The Morgan fingerprint density at radius 3 is 0.790 bits per heavy atom. The molecule has 0 fully saturated rings. The Morgan fingerprint density at radius 1 is 0.306 bits per heavy atom. The molecular formula is C56H108O6. The summed E-state index contributed by atoms with van der Waals surface area (Å²) < 4.78 is 16.8. The van der Waals surface area contributed by atoms with E-state index in [2.05, 4.69) is 34.6 Å². The van der Waals surface area contributed by atoms with Gasteiger partial charge in [0.2, 0.25) is 0 Å². The number of ether oxygens (including phenoxy) is 3. The van der Waals surface area contributed by atoms with Crippen molar-refractivity contribution in [1.82, 2.24) is 0 Å². The Kier molecular flexibility index (Phi) is 47.6. The van der Waals surface area contributed by atoms with Crippen molar-refractivity contribution in [2.45, 2.75) is 317 Å². The molecule has 6 heteroatoms. The van der Waals surface area contributed by atoms with Crippen molar-refractivity contribution in [3.05, 3.63) is 0 Å². The van der Waals surface area contributed by atoms with E-state index in [0.29, 0.717) is 19.3 Å². The first-order valence-corrected chi connectivity index (χ1v) is 27.7. The first-order valence-electron chi connectivity index (χ1n) is 27.7. The van der Waals surface area contributed by atoms with Crippen molar-refractivity contribution in [2.75, 3.05) is 13.2 Å². The Hall–Kier alpha value is -1.59. The average Bonchev–Trinajstić information content (AvgIpc) is 3.24. The number of esters is 3. The number of hydrogen-bond acceptors (Lipinski definition) is 6. The zero-order chi connectivity index (χ0) is 45.4. The predicted molar refractivity (Wildman–Crippen MR) is 266 cm³/mol. The van der Waals surface area contributed by atoms with Crippen LogP contribution in [0.25, 0.3) is 0 Å². The molecule has 0 bridgehead atoms. The van der Waals surface area contributed by atoms with Gasteiger partial charge >= 0.3 is 17.9 Å². The van der Waals surface area contributed by atoms with Crippen LogP contribution in [-0.4, -0.2) is 37.2 Å². The molecule has 0 saturated carbocycles. The van der Waals surface area contributed by atoms with E-state index >= 15 is 0 Å².